The fourth-order valence-electron chi connectivity index (χ4n) is 2.03. The molecular weight excluding hydrogens is 264 g/mol. The number of carboxylic acids is 1. The largest absolute Gasteiger partial charge is 0.478 e. The van der Waals surface area contributed by atoms with Gasteiger partial charge in [-0.2, -0.15) is 0 Å². The van der Waals surface area contributed by atoms with Crippen molar-refractivity contribution >= 4 is 12.0 Å². The summed E-state index contributed by atoms with van der Waals surface area (Å²) in [6.07, 6.45) is 2.67. The molecule has 3 nitrogen and oxygen atoms in total. The van der Waals surface area contributed by atoms with Crippen molar-refractivity contribution in [2.75, 3.05) is 0 Å². The number of hydrogen-bond donors (Lipinski definition) is 1. The highest BCUT2D eigenvalue weighted by atomic mass is 16.5. The van der Waals surface area contributed by atoms with Crippen molar-refractivity contribution in [1.82, 2.24) is 0 Å². The fraction of sp³-hybridized carbons (Fsp3) is 0.167. The van der Waals surface area contributed by atoms with Crippen LogP contribution in [0.5, 0.6) is 11.5 Å². The molecular formula is C18H18O3. The van der Waals surface area contributed by atoms with Gasteiger partial charge in [0.2, 0.25) is 0 Å². The van der Waals surface area contributed by atoms with Crippen molar-refractivity contribution in [2.45, 2.75) is 20.8 Å². The van der Waals surface area contributed by atoms with Gasteiger partial charge >= 0.3 is 5.97 Å². The molecule has 0 heterocycles. The predicted molar refractivity (Wildman–Crippen MR) is 83.8 cm³/mol. The lowest BCUT2D eigenvalue weighted by Gasteiger charge is -2.12. The Bertz CT molecular complexity index is 700. The summed E-state index contributed by atoms with van der Waals surface area (Å²) in [5.74, 6) is 0.574. The van der Waals surface area contributed by atoms with E-state index in [0.717, 1.165) is 34.3 Å². The van der Waals surface area contributed by atoms with E-state index in [4.69, 9.17) is 9.84 Å². The third-order valence-electron chi connectivity index (χ3n) is 3.18. The number of aryl methyl sites for hydroxylation is 3. The molecule has 1 N–H and O–H groups in total. The van der Waals surface area contributed by atoms with Crippen LogP contribution in [0, 0.1) is 20.8 Å². The van der Waals surface area contributed by atoms with Gasteiger partial charge in [0, 0.05) is 6.08 Å². The highest BCUT2D eigenvalue weighted by Gasteiger charge is 2.05. The van der Waals surface area contributed by atoms with E-state index in [1.807, 2.05) is 51.1 Å². The van der Waals surface area contributed by atoms with Gasteiger partial charge in [-0.25, -0.2) is 4.79 Å². The zero-order valence-electron chi connectivity index (χ0n) is 12.4. The molecule has 0 bridgehead atoms. The zero-order valence-corrected chi connectivity index (χ0v) is 12.4. The molecule has 3 heteroatoms. The Hall–Kier alpha value is -2.55. The van der Waals surface area contributed by atoms with E-state index in [1.165, 1.54) is 5.56 Å². The van der Waals surface area contributed by atoms with Crippen LogP contribution in [0.2, 0.25) is 0 Å². The summed E-state index contributed by atoms with van der Waals surface area (Å²) in [5, 5.41) is 8.68. The molecule has 21 heavy (non-hydrogen) atoms. The maximum atomic E-state index is 10.6. The van der Waals surface area contributed by atoms with Gasteiger partial charge in [0.05, 0.1) is 0 Å². The second kappa shape index (κ2) is 6.27. The van der Waals surface area contributed by atoms with Crippen molar-refractivity contribution in [3.05, 3.63) is 64.7 Å². The Morgan fingerprint density at radius 3 is 2.43 bits per heavy atom. The zero-order chi connectivity index (χ0) is 15.4. The molecule has 0 fully saturated rings. The van der Waals surface area contributed by atoms with Crippen LogP contribution in [0.4, 0.5) is 0 Å². The summed E-state index contributed by atoms with van der Waals surface area (Å²) in [6, 6.07) is 11.6. The standard InChI is InChI=1S/C18H18O3/c1-12-4-8-16(14(3)10-12)21-17-11-15(6-5-13(17)2)7-9-18(19)20/h4-11H,1-3H3,(H,19,20)/b9-7+. The highest BCUT2D eigenvalue weighted by Crippen LogP contribution is 2.29. The molecule has 0 unspecified atom stereocenters. The molecule has 0 aliphatic rings. The minimum Gasteiger partial charge on any atom is -0.478 e. The molecule has 2 aromatic carbocycles. The molecule has 0 spiro atoms. The first-order valence-electron chi connectivity index (χ1n) is 6.72. The van der Waals surface area contributed by atoms with Crippen LogP contribution in [-0.2, 0) is 4.79 Å². The van der Waals surface area contributed by atoms with E-state index in [9.17, 15) is 4.79 Å². The molecule has 108 valence electrons. The Kier molecular flexibility index (Phi) is 4.43. The molecule has 0 aliphatic heterocycles. The Morgan fingerprint density at radius 1 is 1.00 bits per heavy atom. The molecule has 0 aromatic heterocycles. The van der Waals surface area contributed by atoms with Crippen LogP contribution in [-0.4, -0.2) is 11.1 Å². The first-order chi connectivity index (χ1) is 9.95. The highest BCUT2D eigenvalue weighted by molar-refractivity contribution is 5.85. The number of benzene rings is 2. The maximum absolute atomic E-state index is 10.6. The number of ether oxygens (including phenoxy) is 1. The number of aliphatic carboxylic acids is 1. The van der Waals surface area contributed by atoms with Crippen molar-refractivity contribution in [3.63, 3.8) is 0 Å². The summed E-state index contributed by atoms with van der Waals surface area (Å²) in [7, 11) is 0. The van der Waals surface area contributed by atoms with Crippen LogP contribution in [0.3, 0.4) is 0 Å². The van der Waals surface area contributed by atoms with Crippen molar-refractivity contribution in [2.24, 2.45) is 0 Å². The van der Waals surface area contributed by atoms with Gasteiger partial charge in [0.1, 0.15) is 11.5 Å². The Morgan fingerprint density at radius 2 is 1.76 bits per heavy atom. The monoisotopic (exact) mass is 282 g/mol. The minimum atomic E-state index is -0.965. The second-order valence-corrected chi connectivity index (χ2v) is 5.07. The Balaban J connectivity index is 2.30. The van der Waals surface area contributed by atoms with E-state index in [0.29, 0.717) is 0 Å². The predicted octanol–water partition coefficient (Wildman–Crippen LogP) is 4.50. The van der Waals surface area contributed by atoms with Gasteiger partial charge in [0.15, 0.2) is 0 Å². The topological polar surface area (TPSA) is 46.5 Å². The number of carboxylic acid groups (broad SMARTS) is 1. The van der Waals surface area contributed by atoms with Gasteiger partial charge in [-0.15, -0.1) is 0 Å². The van der Waals surface area contributed by atoms with Crippen molar-refractivity contribution in [3.8, 4) is 11.5 Å². The summed E-state index contributed by atoms with van der Waals surface area (Å²) >= 11 is 0. The average molecular weight is 282 g/mol. The minimum absolute atomic E-state index is 0.731. The normalized spacial score (nSPS) is 10.8. The summed E-state index contributed by atoms with van der Waals surface area (Å²) in [4.78, 5) is 10.6. The van der Waals surface area contributed by atoms with Gasteiger partial charge in [0.25, 0.3) is 0 Å². The molecule has 0 aliphatic carbocycles. The average Bonchev–Trinajstić information content (AvgIpc) is 2.42. The van der Waals surface area contributed by atoms with Crippen LogP contribution >= 0.6 is 0 Å². The van der Waals surface area contributed by atoms with Gasteiger partial charge < -0.3 is 9.84 Å². The number of rotatable bonds is 4. The van der Waals surface area contributed by atoms with Gasteiger partial charge in [-0.1, -0.05) is 29.8 Å². The molecule has 0 saturated heterocycles. The molecule has 2 aromatic rings. The number of carbonyl (C=O) groups is 1. The summed E-state index contributed by atoms with van der Waals surface area (Å²) < 4.78 is 5.96. The van der Waals surface area contributed by atoms with E-state index in [-0.39, 0.29) is 0 Å². The van der Waals surface area contributed by atoms with Crippen LogP contribution in [0.15, 0.2) is 42.5 Å². The quantitative estimate of drug-likeness (QED) is 0.840. The van der Waals surface area contributed by atoms with Crippen LogP contribution < -0.4 is 4.74 Å². The smallest absolute Gasteiger partial charge is 0.328 e. The van der Waals surface area contributed by atoms with Crippen molar-refractivity contribution < 1.29 is 14.6 Å². The molecule has 0 saturated carbocycles. The third-order valence-corrected chi connectivity index (χ3v) is 3.18. The maximum Gasteiger partial charge on any atom is 0.328 e. The van der Waals surface area contributed by atoms with Gasteiger partial charge in [-0.3, -0.25) is 0 Å². The third kappa shape index (κ3) is 3.96. The first-order valence-corrected chi connectivity index (χ1v) is 6.72. The fourth-order valence-corrected chi connectivity index (χ4v) is 2.03. The molecule has 0 radical (unpaired) electrons. The van der Waals surface area contributed by atoms with Crippen molar-refractivity contribution in [1.29, 1.82) is 0 Å². The summed E-state index contributed by atoms with van der Waals surface area (Å²) in [5.41, 5.74) is 4.06. The van der Waals surface area contributed by atoms with E-state index < -0.39 is 5.97 Å². The van der Waals surface area contributed by atoms with Crippen LogP contribution in [0.1, 0.15) is 22.3 Å². The lowest BCUT2D eigenvalue weighted by Crippen LogP contribution is -1.92. The van der Waals surface area contributed by atoms with E-state index in [1.54, 1.807) is 6.08 Å². The lowest BCUT2D eigenvalue weighted by atomic mass is 10.1. The lowest BCUT2D eigenvalue weighted by molar-refractivity contribution is -0.131. The molecule has 0 amide bonds. The van der Waals surface area contributed by atoms with E-state index in [2.05, 4.69) is 6.07 Å². The van der Waals surface area contributed by atoms with Crippen LogP contribution in [0.25, 0.3) is 6.08 Å². The SMILES string of the molecule is Cc1ccc(Oc2cc(/C=C/C(=O)O)ccc2C)c(C)c1. The second-order valence-electron chi connectivity index (χ2n) is 5.07. The molecule has 2 rings (SSSR count). The van der Waals surface area contributed by atoms with E-state index >= 15 is 0 Å². The van der Waals surface area contributed by atoms with Gasteiger partial charge in [-0.05, 0) is 55.7 Å². The summed E-state index contributed by atoms with van der Waals surface area (Å²) in [6.45, 7) is 6.01. The first kappa shape index (κ1) is 14.9. The Labute approximate surface area is 124 Å². The number of hydrogen-bond acceptors (Lipinski definition) is 2. The molecule has 0 atom stereocenters.